The van der Waals surface area contributed by atoms with Gasteiger partial charge in [0.2, 0.25) is 5.91 Å². The van der Waals surface area contributed by atoms with Crippen LogP contribution in [-0.4, -0.2) is 16.5 Å². The van der Waals surface area contributed by atoms with E-state index in [1.165, 1.54) is 11.4 Å². The smallest absolute Gasteiger partial charge is 0.220 e. The molecule has 0 bridgehead atoms. The molecule has 1 N–H and O–H groups in total. The van der Waals surface area contributed by atoms with Crippen LogP contribution in [0.1, 0.15) is 24.2 Å². The normalized spacial score (nSPS) is 21.3. The lowest BCUT2D eigenvalue weighted by molar-refractivity contribution is -0.119. The third-order valence-corrected chi connectivity index (χ3v) is 2.91. The highest BCUT2D eigenvalue weighted by molar-refractivity contribution is 5.78. The first kappa shape index (κ1) is 9.31. The fourth-order valence-corrected chi connectivity index (χ4v) is 2.02. The summed E-state index contributed by atoms with van der Waals surface area (Å²) in [5, 5.41) is 2.99. The summed E-state index contributed by atoms with van der Waals surface area (Å²) in [6.45, 7) is 5.12. The monoisotopic (exact) mass is 192 g/mol. The summed E-state index contributed by atoms with van der Waals surface area (Å²) in [6, 6.07) is 4.56. The van der Waals surface area contributed by atoms with Gasteiger partial charge in [-0.15, -0.1) is 0 Å². The van der Waals surface area contributed by atoms with Crippen LogP contribution in [0.2, 0.25) is 0 Å². The first-order chi connectivity index (χ1) is 6.66. The summed E-state index contributed by atoms with van der Waals surface area (Å²) in [6.07, 6.45) is 1.65. The van der Waals surface area contributed by atoms with Crippen molar-refractivity contribution in [3.63, 3.8) is 0 Å². The molecule has 0 spiro atoms. The van der Waals surface area contributed by atoms with Crippen molar-refractivity contribution < 1.29 is 4.79 Å². The van der Waals surface area contributed by atoms with E-state index in [1.54, 1.807) is 0 Å². The lowest BCUT2D eigenvalue weighted by Gasteiger charge is -2.14. The van der Waals surface area contributed by atoms with Crippen molar-refractivity contribution in [2.45, 2.75) is 39.3 Å². The molecular weight excluding hydrogens is 176 g/mol. The molecule has 76 valence electrons. The Hall–Kier alpha value is -1.25. The maximum Gasteiger partial charge on any atom is 0.220 e. The van der Waals surface area contributed by atoms with Gasteiger partial charge in [0.05, 0.1) is 0 Å². The van der Waals surface area contributed by atoms with Crippen molar-refractivity contribution in [3.8, 4) is 0 Å². The molecule has 3 heteroatoms. The van der Waals surface area contributed by atoms with Gasteiger partial charge < -0.3 is 9.88 Å². The van der Waals surface area contributed by atoms with Crippen molar-refractivity contribution in [1.29, 1.82) is 0 Å². The Balaban J connectivity index is 2.07. The Morgan fingerprint density at radius 3 is 2.57 bits per heavy atom. The minimum absolute atomic E-state index is 0.192. The second-order valence-electron chi connectivity index (χ2n) is 4.03. The molecule has 1 aliphatic heterocycles. The summed E-state index contributed by atoms with van der Waals surface area (Å²) >= 11 is 0. The number of rotatable bonds is 2. The minimum Gasteiger partial charge on any atom is -0.352 e. The second-order valence-corrected chi connectivity index (χ2v) is 4.03. The third-order valence-electron chi connectivity index (χ3n) is 2.91. The number of aryl methyl sites for hydroxylation is 2. The van der Waals surface area contributed by atoms with Gasteiger partial charge in [-0.3, -0.25) is 4.79 Å². The van der Waals surface area contributed by atoms with Gasteiger partial charge >= 0.3 is 0 Å². The summed E-state index contributed by atoms with van der Waals surface area (Å²) in [7, 11) is 0. The van der Waals surface area contributed by atoms with Gasteiger partial charge in [0.15, 0.2) is 0 Å². The molecule has 0 radical (unpaired) electrons. The van der Waals surface area contributed by atoms with Crippen LogP contribution >= 0.6 is 0 Å². The number of nitrogens with one attached hydrogen (secondary N) is 1. The molecule has 1 amide bonds. The van der Waals surface area contributed by atoms with Crippen LogP contribution in [0.5, 0.6) is 0 Å². The van der Waals surface area contributed by atoms with Crippen LogP contribution in [0.15, 0.2) is 12.1 Å². The van der Waals surface area contributed by atoms with E-state index in [1.807, 2.05) is 0 Å². The fraction of sp³-hybridized carbons (Fsp3) is 0.545. The Morgan fingerprint density at radius 2 is 2.07 bits per heavy atom. The van der Waals surface area contributed by atoms with Gasteiger partial charge in [-0.25, -0.2) is 0 Å². The van der Waals surface area contributed by atoms with Crippen LogP contribution in [-0.2, 0) is 11.3 Å². The highest BCUT2D eigenvalue weighted by Gasteiger charge is 2.21. The maximum atomic E-state index is 11.0. The molecule has 2 heterocycles. The molecule has 3 nitrogen and oxygen atoms in total. The zero-order valence-electron chi connectivity index (χ0n) is 8.71. The molecule has 0 saturated carbocycles. The Labute approximate surface area is 84.1 Å². The van der Waals surface area contributed by atoms with Crippen LogP contribution in [0.25, 0.3) is 0 Å². The largest absolute Gasteiger partial charge is 0.352 e. The van der Waals surface area contributed by atoms with Gasteiger partial charge in [0.1, 0.15) is 0 Å². The van der Waals surface area contributed by atoms with E-state index in [4.69, 9.17) is 0 Å². The van der Waals surface area contributed by atoms with Crippen LogP contribution < -0.4 is 5.32 Å². The summed E-state index contributed by atoms with van der Waals surface area (Å²) < 4.78 is 2.26. The minimum atomic E-state index is 0.192. The van der Waals surface area contributed by atoms with Crippen molar-refractivity contribution in [2.75, 3.05) is 0 Å². The van der Waals surface area contributed by atoms with Crippen molar-refractivity contribution in [3.05, 3.63) is 23.5 Å². The zero-order chi connectivity index (χ0) is 10.1. The Bertz CT molecular complexity index is 335. The quantitative estimate of drug-likeness (QED) is 0.754. The van der Waals surface area contributed by atoms with Crippen LogP contribution in [0, 0.1) is 13.8 Å². The number of carbonyl (C=O) groups excluding carboxylic acids is 1. The molecule has 1 atom stereocenters. The fourth-order valence-electron chi connectivity index (χ4n) is 2.02. The maximum absolute atomic E-state index is 11.0. The molecular formula is C11H16N2O. The predicted molar refractivity (Wildman–Crippen MR) is 55.1 cm³/mol. The van der Waals surface area contributed by atoms with Gasteiger partial charge in [-0.1, -0.05) is 0 Å². The molecule has 14 heavy (non-hydrogen) atoms. The molecule has 1 unspecified atom stereocenters. The standard InChI is InChI=1S/C11H16N2O/c1-8-3-4-9(2)13(8)7-10-5-6-11(14)12-10/h3-4,10H,5-7H2,1-2H3,(H,12,14). The van der Waals surface area contributed by atoms with Crippen LogP contribution in [0.3, 0.4) is 0 Å². The number of carbonyl (C=O) groups is 1. The molecule has 2 rings (SSSR count). The van der Waals surface area contributed by atoms with E-state index in [0.29, 0.717) is 12.5 Å². The van der Waals surface area contributed by atoms with E-state index in [9.17, 15) is 4.79 Å². The number of aromatic nitrogens is 1. The molecule has 0 aliphatic carbocycles. The molecule has 1 aromatic heterocycles. The Kier molecular flexibility index (Phi) is 2.32. The van der Waals surface area contributed by atoms with E-state index < -0.39 is 0 Å². The van der Waals surface area contributed by atoms with Crippen molar-refractivity contribution in [1.82, 2.24) is 9.88 Å². The molecule has 1 fully saturated rings. The average Bonchev–Trinajstić information content (AvgIpc) is 2.67. The predicted octanol–water partition coefficient (Wildman–Crippen LogP) is 1.38. The lowest BCUT2D eigenvalue weighted by atomic mass is 10.2. The topological polar surface area (TPSA) is 34.0 Å². The third kappa shape index (κ3) is 1.67. The van der Waals surface area contributed by atoms with Gasteiger partial charge in [-0.05, 0) is 32.4 Å². The summed E-state index contributed by atoms with van der Waals surface area (Å²) in [5.41, 5.74) is 2.53. The lowest BCUT2D eigenvalue weighted by Crippen LogP contribution is -2.30. The SMILES string of the molecule is Cc1ccc(C)n1CC1CCC(=O)N1. The summed E-state index contributed by atoms with van der Waals surface area (Å²) in [4.78, 5) is 11.0. The van der Waals surface area contributed by atoms with Gasteiger partial charge in [0.25, 0.3) is 0 Å². The van der Waals surface area contributed by atoms with Gasteiger partial charge in [0, 0.05) is 30.4 Å². The van der Waals surface area contributed by atoms with Crippen LogP contribution in [0.4, 0.5) is 0 Å². The van der Waals surface area contributed by atoms with Crippen molar-refractivity contribution in [2.24, 2.45) is 0 Å². The highest BCUT2D eigenvalue weighted by atomic mass is 16.1. The first-order valence-electron chi connectivity index (χ1n) is 5.09. The van der Waals surface area contributed by atoms with Crippen molar-refractivity contribution >= 4 is 5.91 Å². The van der Waals surface area contributed by atoms with E-state index >= 15 is 0 Å². The number of hydrogen-bond acceptors (Lipinski definition) is 1. The highest BCUT2D eigenvalue weighted by Crippen LogP contribution is 2.13. The number of nitrogens with zero attached hydrogens (tertiary/aromatic N) is 1. The Morgan fingerprint density at radius 1 is 1.43 bits per heavy atom. The molecule has 1 saturated heterocycles. The van der Waals surface area contributed by atoms with E-state index in [2.05, 4.69) is 35.9 Å². The number of hydrogen-bond donors (Lipinski definition) is 1. The molecule has 1 aliphatic rings. The zero-order valence-corrected chi connectivity index (χ0v) is 8.71. The molecule has 1 aromatic rings. The van der Waals surface area contributed by atoms with Gasteiger partial charge in [-0.2, -0.15) is 0 Å². The van der Waals surface area contributed by atoms with E-state index in [0.717, 1.165) is 13.0 Å². The van der Waals surface area contributed by atoms with E-state index in [-0.39, 0.29) is 5.91 Å². The average molecular weight is 192 g/mol. The first-order valence-corrected chi connectivity index (χ1v) is 5.09. The summed E-state index contributed by atoms with van der Waals surface area (Å²) in [5.74, 6) is 0.192. The second kappa shape index (κ2) is 3.48. The molecule has 0 aromatic carbocycles. The number of amides is 1.